The number of fused-ring (bicyclic) bond motifs is 1. The van der Waals surface area contributed by atoms with E-state index in [1.807, 2.05) is 19.3 Å². The predicted molar refractivity (Wildman–Crippen MR) is 128 cm³/mol. The summed E-state index contributed by atoms with van der Waals surface area (Å²) in [5, 5.41) is 4.88. The molecule has 2 aromatic rings. The Morgan fingerprint density at radius 3 is 2.87 bits per heavy atom. The van der Waals surface area contributed by atoms with Crippen LogP contribution >= 0.6 is 0 Å². The van der Waals surface area contributed by atoms with Crippen LogP contribution in [0, 0.1) is 18.8 Å². The second kappa shape index (κ2) is 9.88. The molecule has 1 fully saturated rings. The summed E-state index contributed by atoms with van der Waals surface area (Å²) in [7, 11) is 0. The van der Waals surface area contributed by atoms with Crippen LogP contribution in [0.15, 0.2) is 52.4 Å². The molecular weight excluding hydrogens is 370 g/mol. The van der Waals surface area contributed by atoms with Crippen molar-refractivity contribution in [3.63, 3.8) is 0 Å². The molecule has 0 aromatic carbocycles. The van der Waals surface area contributed by atoms with Gasteiger partial charge in [0.25, 0.3) is 0 Å². The summed E-state index contributed by atoms with van der Waals surface area (Å²) >= 11 is 0. The maximum Gasteiger partial charge on any atom is 0.137 e. The van der Waals surface area contributed by atoms with Crippen molar-refractivity contribution in [2.45, 2.75) is 66.0 Å². The molecule has 30 heavy (non-hydrogen) atoms. The van der Waals surface area contributed by atoms with Gasteiger partial charge in [-0.25, -0.2) is 4.98 Å². The van der Waals surface area contributed by atoms with Crippen LogP contribution in [-0.2, 0) is 6.54 Å². The molecule has 1 aliphatic rings. The highest BCUT2D eigenvalue weighted by molar-refractivity contribution is 5.98. The zero-order valence-electron chi connectivity index (χ0n) is 18.8. The standard InChI is InChI=1S/C25H35N5/c1-7-19-8-9-23(21(11-19)16(2)3)30-24(18(5)13-26-6)28-14-20-15-29-25-22(20)10-17(4)12-27-25/h10,12-13,15,19,21,23H,2,6-9,11,14H2,1,3-5H3,(H,27,29)(H,28,30)/b18-13-. The van der Waals surface area contributed by atoms with Gasteiger partial charge in [0, 0.05) is 41.2 Å². The Morgan fingerprint density at radius 1 is 1.37 bits per heavy atom. The molecule has 5 nitrogen and oxygen atoms in total. The number of rotatable bonds is 7. The van der Waals surface area contributed by atoms with Crippen LogP contribution in [0.25, 0.3) is 11.0 Å². The van der Waals surface area contributed by atoms with E-state index in [0.29, 0.717) is 18.5 Å². The molecule has 5 heteroatoms. The van der Waals surface area contributed by atoms with Gasteiger partial charge >= 0.3 is 0 Å². The average Bonchev–Trinajstić information content (AvgIpc) is 3.13. The van der Waals surface area contributed by atoms with Gasteiger partial charge in [0.15, 0.2) is 0 Å². The average molecular weight is 406 g/mol. The minimum atomic E-state index is 0.351. The third kappa shape index (κ3) is 5.07. The van der Waals surface area contributed by atoms with E-state index < -0.39 is 0 Å². The number of aryl methyl sites for hydroxylation is 1. The molecule has 2 heterocycles. The third-order valence-corrected chi connectivity index (χ3v) is 6.31. The SMILES string of the molecule is C=N/C=C(/C)C(=NCc1c[nH]c2ncc(C)cc12)NC1CCC(CC)CC1C(=C)C. The van der Waals surface area contributed by atoms with Crippen molar-refractivity contribution in [1.82, 2.24) is 15.3 Å². The minimum absolute atomic E-state index is 0.351. The molecule has 0 bridgehead atoms. The number of hydrogen-bond acceptors (Lipinski definition) is 3. The monoisotopic (exact) mass is 405 g/mol. The number of pyridine rings is 1. The van der Waals surface area contributed by atoms with Crippen LogP contribution in [-0.4, -0.2) is 28.6 Å². The van der Waals surface area contributed by atoms with Crippen molar-refractivity contribution >= 4 is 23.6 Å². The van der Waals surface area contributed by atoms with Crippen molar-refractivity contribution in [1.29, 1.82) is 0 Å². The molecule has 0 radical (unpaired) electrons. The summed E-state index contributed by atoms with van der Waals surface area (Å²) in [5.74, 6) is 2.15. The number of nitrogens with one attached hydrogen (secondary N) is 2. The normalized spacial score (nSPS) is 22.9. The van der Waals surface area contributed by atoms with Crippen LogP contribution in [0.3, 0.4) is 0 Å². The molecule has 160 valence electrons. The fourth-order valence-corrected chi connectivity index (χ4v) is 4.46. The first-order chi connectivity index (χ1) is 14.4. The van der Waals surface area contributed by atoms with Gasteiger partial charge in [0.2, 0.25) is 0 Å². The lowest BCUT2D eigenvalue weighted by molar-refractivity contribution is 0.242. The molecule has 3 unspecified atom stereocenters. The van der Waals surface area contributed by atoms with Crippen LogP contribution in [0.2, 0.25) is 0 Å². The molecule has 2 aromatic heterocycles. The molecule has 2 N–H and O–H groups in total. The second-order valence-electron chi connectivity index (χ2n) is 8.67. The number of nitrogens with zero attached hydrogens (tertiary/aromatic N) is 3. The van der Waals surface area contributed by atoms with E-state index in [1.165, 1.54) is 24.8 Å². The van der Waals surface area contributed by atoms with Gasteiger partial charge < -0.3 is 10.3 Å². The molecule has 1 aliphatic carbocycles. The van der Waals surface area contributed by atoms with Gasteiger partial charge in [0.1, 0.15) is 11.5 Å². The molecule has 3 atom stereocenters. The highest BCUT2D eigenvalue weighted by Gasteiger charge is 2.31. The number of aliphatic imine (C=N–C) groups is 2. The number of aromatic nitrogens is 2. The van der Waals surface area contributed by atoms with E-state index in [2.05, 4.69) is 60.4 Å². The fourth-order valence-electron chi connectivity index (χ4n) is 4.46. The first-order valence-electron chi connectivity index (χ1n) is 10.9. The molecule has 0 amide bonds. The molecule has 0 aliphatic heterocycles. The zero-order chi connectivity index (χ0) is 21.7. The van der Waals surface area contributed by atoms with Crippen molar-refractivity contribution < 1.29 is 0 Å². The van der Waals surface area contributed by atoms with Crippen molar-refractivity contribution in [2.24, 2.45) is 21.8 Å². The van der Waals surface area contributed by atoms with Gasteiger partial charge in [-0.1, -0.05) is 25.5 Å². The van der Waals surface area contributed by atoms with Crippen LogP contribution < -0.4 is 5.32 Å². The van der Waals surface area contributed by atoms with E-state index in [-0.39, 0.29) is 0 Å². The third-order valence-electron chi connectivity index (χ3n) is 6.31. The Morgan fingerprint density at radius 2 is 2.17 bits per heavy atom. The Balaban J connectivity index is 1.85. The first kappa shape index (κ1) is 22.0. The quantitative estimate of drug-likeness (QED) is 0.351. The summed E-state index contributed by atoms with van der Waals surface area (Å²) in [6.07, 6.45) is 10.5. The smallest absolute Gasteiger partial charge is 0.137 e. The fraction of sp³-hybridized carbons (Fsp3) is 0.480. The number of H-pyrrole nitrogens is 1. The van der Waals surface area contributed by atoms with Gasteiger partial charge in [-0.05, 0) is 70.2 Å². The maximum atomic E-state index is 4.96. The lowest BCUT2D eigenvalue weighted by atomic mass is 9.74. The lowest BCUT2D eigenvalue weighted by Crippen LogP contribution is -2.44. The van der Waals surface area contributed by atoms with E-state index in [9.17, 15) is 0 Å². The summed E-state index contributed by atoms with van der Waals surface area (Å²) in [4.78, 5) is 16.7. The Labute approximate surface area is 180 Å². The zero-order valence-corrected chi connectivity index (χ0v) is 18.8. The first-order valence-corrected chi connectivity index (χ1v) is 10.9. The van der Waals surface area contributed by atoms with Crippen LogP contribution in [0.5, 0.6) is 0 Å². The Bertz CT molecular complexity index is 965. The Hall–Kier alpha value is -2.69. The van der Waals surface area contributed by atoms with Crippen molar-refractivity contribution in [3.8, 4) is 0 Å². The van der Waals surface area contributed by atoms with Gasteiger partial charge in [0.05, 0.1) is 6.54 Å². The van der Waals surface area contributed by atoms with Gasteiger partial charge in [-0.2, -0.15) is 0 Å². The van der Waals surface area contributed by atoms with E-state index >= 15 is 0 Å². The van der Waals surface area contributed by atoms with Crippen LogP contribution in [0.1, 0.15) is 57.6 Å². The molecule has 0 spiro atoms. The lowest BCUT2D eigenvalue weighted by Gasteiger charge is -2.37. The van der Waals surface area contributed by atoms with E-state index in [0.717, 1.165) is 45.9 Å². The summed E-state index contributed by atoms with van der Waals surface area (Å²) in [6.45, 7) is 17.0. The van der Waals surface area contributed by atoms with Gasteiger partial charge in [-0.15, -0.1) is 0 Å². The minimum Gasteiger partial charge on any atom is -0.367 e. The molecule has 3 rings (SSSR count). The Kier molecular flexibility index (Phi) is 7.24. The topological polar surface area (TPSA) is 65.4 Å². The van der Waals surface area contributed by atoms with E-state index in [4.69, 9.17) is 4.99 Å². The second-order valence-corrected chi connectivity index (χ2v) is 8.67. The highest BCUT2D eigenvalue weighted by atomic mass is 15.0. The van der Waals surface area contributed by atoms with Crippen molar-refractivity contribution in [2.75, 3.05) is 0 Å². The predicted octanol–water partition coefficient (Wildman–Crippen LogP) is 5.73. The van der Waals surface area contributed by atoms with E-state index in [1.54, 1.807) is 6.20 Å². The molecule has 1 saturated carbocycles. The summed E-state index contributed by atoms with van der Waals surface area (Å²) < 4.78 is 0. The van der Waals surface area contributed by atoms with Crippen LogP contribution in [0.4, 0.5) is 0 Å². The number of amidine groups is 1. The maximum absolute atomic E-state index is 4.96. The molecule has 0 saturated heterocycles. The van der Waals surface area contributed by atoms with Gasteiger partial charge in [-0.3, -0.25) is 9.98 Å². The number of hydrogen-bond donors (Lipinski definition) is 2. The van der Waals surface area contributed by atoms with Crippen molar-refractivity contribution in [3.05, 3.63) is 53.5 Å². The summed E-state index contributed by atoms with van der Waals surface area (Å²) in [6, 6.07) is 2.51. The largest absolute Gasteiger partial charge is 0.367 e. The molecular formula is C25H35N5. The highest BCUT2D eigenvalue weighted by Crippen LogP contribution is 2.35. The number of aromatic amines is 1. The summed E-state index contributed by atoms with van der Waals surface area (Å²) in [5.41, 5.74) is 5.45.